The summed E-state index contributed by atoms with van der Waals surface area (Å²) in [6.07, 6.45) is 4.22. The summed E-state index contributed by atoms with van der Waals surface area (Å²) in [5, 5.41) is 9.42. The number of thioether (sulfide) groups is 1. The van der Waals surface area contributed by atoms with E-state index in [0.29, 0.717) is 17.9 Å². The number of aryl methyl sites for hydroxylation is 3. The summed E-state index contributed by atoms with van der Waals surface area (Å²) in [6.45, 7) is 1.55. The van der Waals surface area contributed by atoms with Crippen LogP contribution in [-0.2, 0) is 13.5 Å². The Bertz CT molecular complexity index is 692. The van der Waals surface area contributed by atoms with Gasteiger partial charge in [-0.3, -0.25) is 0 Å². The number of carboxylic acid groups (broad SMARTS) is 1. The maximum Gasteiger partial charge on any atom is 0.346 e. The van der Waals surface area contributed by atoms with Crippen LogP contribution in [0.2, 0.25) is 0 Å². The first-order valence-corrected chi connectivity index (χ1v) is 6.91. The van der Waals surface area contributed by atoms with Crippen LogP contribution in [0.3, 0.4) is 0 Å². The lowest BCUT2D eigenvalue weighted by molar-refractivity contribution is 0.0690. The minimum atomic E-state index is -1.09. The molecule has 2 N–H and O–H groups in total. The Morgan fingerprint density at radius 2 is 2.30 bits per heavy atom. The molecule has 0 radical (unpaired) electrons. The first kappa shape index (κ1) is 14.3. The summed E-state index contributed by atoms with van der Waals surface area (Å²) >= 11 is 1.25. The second-order valence-corrected chi connectivity index (χ2v) is 5.29. The smallest absolute Gasteiger partial charge is 0.346 e. The Balaban J connectivity index is 2.15. The van der Waals surface area contributed by atoms with Gasteiger partial charge in [0.15, 0.2) is 0 Å². The fourth-order valence-electron chi connectivity index (χ4n) is 1.79. The summed E-state index contributed by atoms with van der Waals surface area (Å²) < 4.78 is 1.90. The number of nitrogens with one attached hydrogen (secondary N) is 1. The van der Waals surface area contributed by atoms with Crippen LogP contribution in [0.15, 0.2) is 22.2 Å². The van der Waals surface area contributed by atoms with Crippen molar-refractivity contribution in [2.45, 2.75) is 18.4 Å². The van der Waals surface area contributed by atoms with Crippen LogP contribution in [-0.4, -0.2) is 36.3 Å². The van der Waals surface area contributed by atoms with E-state index in [1.54, 1.807) is 13.1 Å². The maximum absolute atomic E-state index is 11.3. The van der Waals surface area contributed by atoms with Crippen molar-refractivity contribution in [1.82, 2.24) is 19.5 Å². The zero-order valence-electron chi connectivity index (χ0n) is 11.1. The molecule has 2 aromatic rings. The molecule has 2 aromatic heterocycles. The summed E-state index contributed by atoms with van der Waals surface area (Å²) in [4.78, 5) is 32.9. The summed E-state index contributed by atoms with van der Waals surface area (Å²) in [5.74, 6) is 0.405. The number of hydrogen-bond donors (Lipinski definition) is 2. The zero-order valence-corrected chi connectivity index (χ0v) is 11.9. The number of H-pyrrole nitrogens is 1. The number of aromatic nitrogens is 4. The molecule has 0 amide bonds. The standard InChI is InChI=1S/C12H14N4O3S/c1-7-9(11(17)18)10(15-12(19)14-7)20-6-3-8-13-4-5-16(8)2/h4-5H,3,6H2,1-2H3,(H,17,18)(H,14,15,19). The molecule has 0 unspecified atom stereocenters. The van der Waals surface area contributed by atoms with Crippen molar-refractivity contribution >= 4 is 17.7 Å². The Morgan fingerprint density at radius 1 is 1.55 bits per heavy atom. The average Bonchev–Trinajstić information content (AvgIpc) is 2.73. The lowest BCUT2D eigenvalue weighted by Gasteiger charge is -2.06. The molecule has 0 aromatic carbocycles. The highest BCUT2D eigenvalue weighted by Crippen LogP contribution is 2.21. The van der Waals surface area contributed by atoms with Crippen LogP contribution in [0.25, 0.3) is 0 Å². The average molecular weight is 294 g/mol. The van der Waals surface area contributed by atoms with Crippen molar-refractivity contribution in [3.63, 3.8) is 0 Å². The second kappa shape index (κ2) is 5.91. The third-order valence-electron chi connectivity index (χ3n) is 2.79. The van der Waals surface area contributed by atoms with E-state index in [2.05, 4.69) is 15.0 Å². The van der Waals surface area contributed by atoms with Crippen LogP contribution in [0.5, 0.6) is 0 Å². The number of carboxylic acids is 1. The molecule has 0 aliphatic carbocycles. The topological polar surface area (TPSA) is 101 Å². The third kappa shape index (κ3) is 3.08. The van der Waals surface area contributed by atoms with Crippen LogP contribution in [0.1, 0.15) is 21.9 Å². The molecule has 8 heteroatoms. The fourth-order valence-corrected chi connectivity index (χ4v) is 2.80. The predicted molar refractivity (Wildman–Crippen MR) is 74.2 cm³/mol. The minimum Gasteiger partial charge on any atom is -0.478 e. The van der Waals surface area contributed by atoms with Gasteiger partial charge in [-0.25, -0.2) is 14.6 Å². The molecule has 0 aliphatic heterocycles. The van der Waals surface area contributed by atoms with E-state index >= 15 is 0 Å². The maximum atomic E-state index is 11.3. The number of imidazole rings is 1. The molecule has 0 spiro atoms. The van der Waals surface area contributed by atoms with Crippen LogP contribution in [0, 0.1) is 6.92 Å². The molecular weight excluding hydrogens is 280 g/mol. The van der Waals surface area contributed by atoms with Crippen molar-refractivity contribution < 1.29 is 9.90 Å². The Kier molecular flexibility index (Phi) is 4.23. The largest absolute Gasteiger partial charge is 0.478 e. The quantitative estimate of drug-likeness (QED) is 0.626. The first-order valence-electron chi connectivity index (χ1n) is 5.92. The zero-order chi connectivity index (χ0) is 14.7. The molecule has 0 atom stereocenters. The Labute approximate surface area is 119 Å². The number of rotatable bonds is 5. The van der Waals surface area contributed by atoms with Gasteiger partial charge in [-0.1, -0.05) is 0 Å². The van der Waals surface area contributed by atoms with Crippen LogP contribution >= 0.6 is 11.8 Å². The van der Waals surface area contributed by atoms with Crippen LogP contribution in [0.4, 0.5) is 0 Å². The second-order valence-electron chi connectivity index (χ2n) is 4.21. The van der Waals surface area contributed by atoms with Crippen molar-refractivity contribution in [1.29, 1.82) is 0 Å². The molecular formula is C12H14N4O3S. The van der Waals surface area contributed by atoms with E-state index in [9.17, 15) is 14.7 Å². The molecule has 106 valence electrons. The van der Waals surface area contributed by atoms with Gasteiger partial charge in [0.1, 0.15) is 16.4 Å². The van der Waals surface area contributed by atoms with E-state index in [1.165, 1.54) is 11.8 Å². The minimum absolute atomic E-state index is 0.0504. The molecule has 0 aliphatic rings. The molecule has 20 heavy (non-hydrogen) atoms. The van der Waals surface area contributed by atoms with Gasteiger partial charge in [-0.05, 0) is 6.92 Å². The molecule has 2 rings (SSSR count). The van der Waals surface area contributed by atoms with Crippen molar-refractivity contribution in [3.8, 4) is 0 Å². The number of hydrogen-bond acceptors (Lipinski definition) is 5. The van der Waals surface area contributed by atoms with Gasteiger partial charge in [0, 0.05) is 37.3 Å². The van der Waals surface area contributed by atoms with Gasteiger partial charge in [0.25, 0.3) is 0 Å². The monoisotopic (exact) mass is 294 g/mol. The van der Waals surface area contributed by atoms with Gasteiger partial charge in [0.2, 0.25) is 0 Å². The van der Waals surface area contributed by atoms with Gasteiger partial charge >= 0.3 is 11.7 Å². The van der Waals surface area contributed by atoms with E-state index < -0.39 is 11.7 Å². The van der Waals surface area contributed by atoms with E-state index in [1.807, 2.05) is 17.8 Å². The number of carbonyl (C=O) groups is 1. The predicted octanol–water partition coefficient (Wildman–Crippen LogP) is 0.845. The molecule has 2 heterocycles. The normalized spacial score (nSPS) is 10.7. The number of nitrogens with zero attached hydrogens (tertiary/aromatic N) is 3. The lowest BCUT2D eigenvalue weighted by atomic mass is 10.2. The SMILES string of the molecule is Cc1[nH]c(=O)nc(SCCc2nccn2C)c1C(=O)O. The van der Waals surface area contributed by atoms with Crippen LogP contribution < -0.4 is 5.69 Å². The molecule has 0 fully saturated rings. The van der Waals surface area contributed by atoms with E-state index in [4.69, 9.17) is 0 Å². The Morgan fingerprint density at radius 3 is 2.90 bits per heavy atom. The lowest BCUT2D eigenvalue weighted by Crippen LogP contribution is -2.18. The van der Waals surface area contributed by atoms with E-state index in [0.717, 1.165) is 5.82 Å². The molecule has 0 saturated heterocycles. The highest BCUT2D eigenvalue weighted by Gasteiger charge is 2.17. The number of aromatic amines is 1. The molecule has 0 bridgehead atoms. The van der Waals surface area contributed by atoms with E-state index in [-0.39, 0.29) is 10.6 Å². The van der Waals surface area contributed by atoms with Gasteiger partial charge in [-0.2, -0.15) is 4.98 Å². The number of aromatic carboxylic acids is 1. The highest BCUT2D eigenvalue weighted by atomic mass is 32.2. The first-order chi connectivity index (χ1) is 9.49. The highest BCUT2D eigenvalue weighted by molar-refractivity contribution is 7.99. The summed E-state index contributed by atoms with van der Waals surface area (Å²) in [5.41, 5.74) is -0.168. The van der Waals surface area contributed by atoms with Gasteiger partial charge < -0.3 is 14.7 Å². The Hall–Kier alpha value is -2.09. The molecule has 7 nitrogen and oxygen atoms in total. The summed E-state index contributed by atoms with van der Waals surface area (Å²) in [6, 6.07) is 0. The third-order valence-corrected chi connectivity index (χ3v) is 3.76. The summed E-state index contributed by atoms with van der Waals surface area (Å²) in [7, 11) is 1.89. The van der Waals surface area contributed by atoms with Crippen molar-refractivity contribution in [3.05, 3.63) is 40.0 Å². The fraction of sp³-hybridized carbons (Fsp3) is 0.333. The van der Waals surface area contributed by atoms with Gasteiger partial charge in [0.05, 0.1) is 0 Å². The van der Waals surface area contributed by atoms with Crippen molar-refractivity contribution in [2.75, 3.05) is 5.75 Å². The van der Waals surface area contributed by atoms with Crippen molar-refractivity contribution in [2.24, 2.45) is 7.05 Å². The molecule has 0 saturated carbocycles. The van der Waals surface area contributed by atoms with Gasteiger partial charge in [-0.15, -0.1) is 11.8 Å².